The second-order valence-corrected chi connectivity index (χ2v) is 10.8. The van der Waals surface area contributed by atoms with Crippen LogP contribution in [-0.4, -0.2) is 72.5 Å². The lowest BCUT2D eigenvalue weighted by Crippen LogP contribution is -2.56. The Balaban J connectivity index is 1.28. The lowest BCUT2D eigenvalue weighted by molar-refractivity contribution is -0.140. The summed E-state index contributed by atoms with van der Waals surface area (Å²) in [5.41, 5.74) is 3.26. The van der Waals surface area contributed by atoms with Gasteiger partial charge in [0, 0.05) is 68.3 Å². The number of hydrogen-bond acceptors (Lipinski definition) is 7. The quantitative estimate of drug-likeness (QED) is 0.638. The smallest absolute Gasteiger partial charge is 0.244 e. The van der Waals surface area contributed by atoms with Gasteiger partial charge in [-0.1, -0.05) is 12.8 Å². The lowest BCUT2D eigenvalue weighted by Gasteiger charge is -2.40. The predicted octanol–water partition coefficient (Wildman–Crippen LogP) is 2.62. The third kappa shape index (κ3) is 3.89. The van der Waals surface area contributed by atoms with Gasteiger partial charge in [0.25, 0.3) is 0 Å². The van der Waals surface area contributed by atoms with E-state index in [0.29, 0.717) is 31.2 Å². The van der Waals surface area contributed by atoms with Crippen LogP contribution in [0.1, 0.15) is 43.2 Å². The molecule has 4 aliphatic rings. The first kappa shape index (κ1) is 23.2. The van der Waals surface area contributed by atoms with Crippen molar-refractivity contribution in [2.45, 2.75) is 51.5 Å². The number of nitrogens with one attached hydrogen (secondary N) is 2. The minimum Gasteiger partial charge on any atom is -0.369 e. The van der Waals surface area contributed by atoms with Crippen molar-refractivity contribution in [2.75, 3.05) is 54.9 Å². The number of benzene rings is 1. The van der Waals surface area contributed by atoms with Crippen molar-refractivity contribution in [3.8, 4) is 0 Å². The molecule has 1 atom stereocenters. The van der Waals surface area contributed by atoms with E-state index in [-0.39, 0.29) is 17.9 Å². The molecule has 1 spiro atoms. The fourth-order valence-corrected chi connectivity index (χ4v) is 6.33. The number of likely N-dealkylation sites (N-methyl/N-ethyl adjacent to an activating group) is 1. The number of piperazine rings is 1. The molecular formula is C27H35N7O2. The molecule has 3 aliphatic heterocycles. The van der Waals surface area contributed by atoms with Crippen molar-refractivity contribution < 1.29 is 9.59 Å². The second kappa shape index (κ2) is 9.03. The average Bonchev–Trinajstić information content (AvgIpc) is 3.52. The number of nitrogens with zero attached hydrogens (tertiary/aromatic N) is 5. The van der Waals surface area contributed by atoms with Gasteiger partial charge in [-0.15, -0.1) is 0 Å². The van der Waals surface area contributed by atoms with E-state index in [2.05, 4.69) is 57.6 Å². The minimum atomic E-state index is -1.01. The first-order chi connectivity index (χ1) is 17.4. The summed E-state index contributed by atoms with van der Waals surface area (Å²) in [5, 5.41) is 6.25. The third-order valence-electron chi connectivity index (χ3n) is 8.45. The van der Waals surface area contributed by atoms with E-state index in [4.69, 9.17) is 4.98 Å². The zero-order valence-electron chi connectivity index (χ0n) is 21.2. The molecule has 0 radical (unpaired) electrons. The molecule has 2 amide bonds. The van der Waals surface area contributed by atoms with Crippen molar-refractivity contribution in [1.82, 2.24) is 20.2 Å². The van der Waals surface area contributed by atoms with Gasteiger partial charge in [0.05, 0.1) is 0 Å². The van der Waals surface area contributed by atoms with E-state index < -0.39 is 5.41 Å². The van der Waals surface area contributed by atoms with E-state index in [0.717, 1.165) is 63.1 Å². The molecule has 2 aromatic rings. The number of aromatic nitrogens is 2. The van der Waals surface area contributed by atoms with Gasteiger partial charge in [0.1, 0.15) is 11.2 Å². The van der Waals surface area contributed by atoms with Gasteiger partial charge in [-0.3, -0.25) is 14.5 Å². The molecule has 1 aromatic carbocycles. The van der Waals surface area contributed by atoms with Gasteiger partial charge < -0.3 is 20.4 Å². The molecule has 9 nitrogen and oxygen atoms in total. The normalized spacial score (nSPS) is 24.9. The maximum absolute atomic E-state index is 13.8. The van der Waals surface area contributed by atoms with Crippen LogP contribution in [0.3, 0.4) is 0 Å². The van der Waals surface area contributed by atoms with E-state index in [9.17, 15) is 9.59 Å². The van der Waals surface area contributed by atoms with Crippen molar-refractivity contribution in [3.05, 3.63) is 35.5 Å². The molecule has 1 aliphatic carbocycles. The van der Waals surface area contributed by atoms with E-state index in [1.54, 1.807) is 6.20 Å². The Bertz CT molecular complexity index is 1190. The number of hydrogen-bond donors (Lipinski definition) is 2. The zero-order chi connectivity index (χ0) is 24.9. The molecular weight excluding hydrogens is 454 g/mol. The van der Waals surface area contributed by atoms with Gasteiger partial charge in [0.15, 0.2) is 0 Å². The Labute approximate surface area is 212 Å². The van der Waals surface area contributed by atoms with Gasteiger partial charge in [0.2, 0.25) is 17.8 Å². The highest BCUT2D eigenvalue weighted by molar-refractivity contribution is 6.14. The van der Waals surface area contributed by atoms with E-state index in [1.807, 2.05) is 4.90 Å². The molecule has 2 saturated heterocycles. The van der Waals surface area contributed by atoms with Crippen LogP contribution in [-0.2, 0) is 16.0 Å². The Hall–Kier alpha value is -3.20. The molecule has 190 valence electrons. The Morgan fingerprint density at radius 2 is 1.89 bits per heavy atom. The highest BCUT2D eigenvalue weighted by Crippen LogP contribution is 2.44. The maximum atomic E-state index is 13.8. The van der Waals surface area contributed by atoms with Crippen LogP contribution in [0.2, 0.25) is 0 Å². The van der Waals surface area contributed by atoms with Crippen LogP contribution in [0, 0.1) is 12.3 Å². The van der Waals surface area contributed by atoms with Crippen LogP contribution in [0.5, 0.6) is 0 Å². The summed E-state index contributed by atoms with van der Waals surface area (Å²) in [5.74, 6) is 0.900. The molecule has 0 unspecified atom stereocenters. The Kier molecular flexibility index (Phi) is 5.82. The zero-order valence-corrected chi connectivity index (χ0v) is 21.2. The topological polar surface area (TPSA) is 93.7 Å². The van der Waals surface area contributed by atoms with Crippen LogP contribution in [0.15, 0.2) is 24.4 Å². The number of carbonyl (C=O) groups excluding carboxylic acids is 2. The fourth-order valence-electron chi connectivity index (χ4n) is 6.33. The largest absolute Gasteiger partial charge is 0.369 e. The predicted molar refractivity (Wildman–Crippen MR) is 140 cm³/mol. The number of anilines is 4. The molecule has 36 heavy (non-hydrogen) atoms. The number of aryl methyl sites for hydroxylation is 1. The summed E-state index contributed by atoms with van der Waals surface area (Å²) < 4.78 is 0. The fraction of sp³-hybridized carbons (Fsp3) is 0.556. The number of rotatable bonds is 4. The average molecular weight is 490 g/mol. The van der Waals surface area contributed by atoms with Gasteiger partial charge in [-0.05, 0) is 57.0 Å². The SMILES string of the molecule is Cc1cc(Nc2ncc3c(n2)N(C2CCCC2)C(=O)[C@]2(CCNC2=O)C3)ccc1N1CCN(C)CC1. The second-order valence-electron chi connectivity index (χ2n) is 10.8. The minimum absolute atomic E-state index is 0.0890. The molecule has 3 fully saturated rings. The number of fused-ring (bicyclic) bond motifs is 1. The van der Waals surface area contributed by atoms with Gasteiger partial charge in [-0.25, -0.2) is 4.98 Å². The molecule has 4 heterocycles. The summed E-state index contributed by atoms with van der Waals surface area (Å²) in [7, 11) is 2.17. The van der Waals surface area contributed by atoms with Gasteiger partial charge >= 0.3 is 0 Å². The molecule has 0 bridgehead atoms. The highest BCUT2D eigenvalue weighted by atomic mass is 16.2. The number of amides is 2. The first-order valence-corrected chi connectivity index (χ1v) is 13.2. The van der Waals surface area contributed by atoms with Gasteiger partial charge in [-0.2, -0.15) is 4.98 Å². The Morgan fingerprint density at radius 3 is 2.58 bits per heavy atom. The number of carbonyl (C=O) groups is 2. The summed E-state index contributed by atoms with van der Waals surface area (Å²) in [6.07, 6.45) is 6.79. The molecule has 9 heteroatoms. The lowest BCUT2D eigenvalue weighted by atomic mass is 9.76. The summed E-state index contributed by atoms with van der Waals surface area (Å²) in [4.78, 5) is 42.7. The third-order valence-corrected chi connectivity index (χ3v) is 8.45. The van der Waals surface area contributed by atoms with Crippen molar-refractivity contribution >= 4 is 35.0 Å². The van der Waals surface area contributed by atoms with E-state index in [1.165, 1.54) is 11.3 Å². The molecule has 2 N–H and O–H groups in total. The summed E-state index contributed by atoms with van der Waals surface area (Å²) in [6.45, 7) is 6.88. The summed E-state index contributed by atoms with van der Waals surface area (Å²) >= 11 is 0. The monoisotopic (exact) mass is 489 g/mol. The molecule has 1 saturated carbocycles. The molecule has 6 rings (SSSR count). The van der Waals surface area contributed by atoms with Crippen molar-refractivity contribution in [3.63, 3.8) is 0 Å². The summed E-state index contributed by atoms with van der Waals surface area (Å²) in [6, 6.07) is 6.46. The van der Waals surface area contributed by atoms with Crippen molar-refractivity contribution in [2.24, 2.45) is 5.41 Å². The van der Waals surface area contributed by atoms with Crippen molar-refractivity contribution in [1.29, 1.82) is 0 Å². The van der Waals surface area contributed by atoms with Crippen LogP contribution in [0.25, 0.3) is 0 Å². The Morgan fingerprint density at radius 1 is 1.11 bits per heavy atom. The van der Waals surface area contributed by atoms with Crippen LogP contribution < -0.4 is 20.4 Å². The van der Waals surface area contributed by atoms with Crippen LogP contribution in [0.4, 0.5) is 23.1 Å². The highest BCUT2D eigenvalue weighted by Gasteiger charge is 2.56. The van der Waals surface area contributed by atoms with Crippen LogP contribution >= 0.6 is 0 Å². The molecule has 1 aromatic heterocycles. The van der Waals surface area contributed by atoms with E-state index >= 15 is 0 Å². The standard InChI is InChI=1S/C27H35N7O2/c1-18-15-20(7-8-22(18)33-13-11-32(2)12-14-33)30-26-29-17-19-16-27(9-10-28-24(27)35)25(36)34(23(19)31-26)21-5-3-4-6-21/h7-8,15,17,21H,3-6,9-14,16H2,1-2H3,(H,28,35)(H,29,30,31)/t27-/m1/s1. The first-order valence-electron chi connectivity index (χ1n) is 13.2. The maximum Gasteiger partial charge on any atom is 0.244 e.